The van der Waals surface area contributed by atoms with Gasteiger partial charge < -0.3 is 19.5 Å². The van der Waals surface area contributed by atoms with Gasteiger partial charge in [-0.05, 0) is 17.7 Å². The van der Waals surface area contributed by atoms with Crippen molar-refractivity contribution in [1.82, 2.24) is 10.2 Å². The average Bonchev–Trinajstić information content (AvgIpc) is 2.87. The maximum Gasteiger partial charge on any atom is 0.231 e. The molecule has 6 heteroatoms. The van der Waals surface area contributed by atoms with Gasteiger partial charge in [-0.25, -0.2) is 0 Å². The summed E-state index contributed by atoms with van der Waals surface area (Å²) >= 11 is 0. The standard InChI is InChI=1S/C13H18N2O3.ClH/c1-16-11-6-10(7-12-13(11)18-9-17-12)8-15-4-2-14-3-5-15;/h6-7,14H,2-5,8-9H2,1H3;1H. The molecule has 1 fully saturated rings. The lowest BCUT2D eigenvalue weighted by molar-refractivity contribution is 0.171. The van der Waals surface area contributed by atoms with E-state index in [1.165, 1.54) is 5.56 Å². The van der Waals surface area contributed by atoms with Crippen LogP contribution in [0.3, 0.4) is 0 Å². The second-order valence-electron chi connectivity index (χ2n) is 4.56. The SMILES string of the molecule is COc1cc(CN2CCNCC2)cc2c1OCO2.Cl. The maximum atomic E-state index is 5.44. The number of rotatable bonds is 3. The largest absolute Gasteiger partial charge is 0.493 e. The molecular formula is C13H19ClN2O3. The topological polar surface area (TPSA) is 43.0 Å². The van der Waals surface area contributed by atoms with Crippen LogP contribution < -0.4 is 19.5 Å². The lowest BCUT2D eigenvalue weighted by Crippen LogP contribution is -2.42. The first-order valence-electron chi connectivity index (χ1n) is 6.26. The highest BCUT2D eigenvalue weighted by atomic mass is 35.5. The summed E-state index contributed by atoms with van der Waals surface area (Å²) in [6.45, 7) is 5.48. The van der Waals surface area contributed by atoms with Crippen LogP contribution >= 0.6 is 12.4 Å². The van der Waals surface area contributed by atoms with E-state index in [-0.39, 0.29) is 19.2 Å². The minimum atomic E-state index is 0. The number of nitrogens with one attached hydrogen (secondary N) is 1. The Kier molecular flexibility index (Phi) is 4.74. The van der Waals surface area contributed by atoms with Gasteiger partial charge in [-0.15, -0.1) is 12.4 Å². The highest BCUT2D eigenvalue weighted by Gasteiger charge is 2.21. The number of benzene rings is 1. The van der Waals surface area contributed by atoms with E-state index in [2.05, 4.69) is 10.2 Å². The summed E-state index contributed by atoms with van der Waals surface area (Å²) in [5, 5.41) is 3.35. The minimum absolute atomic E-state index is 0. The van der Waals surface area contributed by atoms with Crippen LogP contribution in [0.15, 0.2) is 12.1 Å². The Hall–Kier alpha value is -1.17. The molecule has 106 valence electrons. The van der Waals surface area contributed by atoms with Crippen LogP contribution in [0.5, 0.6) is 17.2 Å². The first kappa shape index (κ1) is 14.2. The number of halogens is 1. The summed E-state index contributed by atoms with van der Waals surface area (Å²) in [5.74, 6) is 2.27. The summed E-state index contributed by atoms with van der Waals surface area (Å²) in [4.78, 5) is 2.42. The fourth-order valence-corrected chi connectivity index (χ4v) is 2.40. The van der Waals surface area contributed by atoms with Gasteiger partial charge in [0.15, 0.2) is 11.5 Å². The van der Waals surface area contributed by atoms with Gasteiger partial charge in [0.25, 0.3) is 0 Å². The molecular weight excluding hydrogens is 268 g/mol. The Balaban J connectivity index is 0.00000133. The Bertz CT molecular complexity index is 436. The molecule has 1 saturated heterocycles. The third-order valence-corrected chi connectivity index (χ3v) is 3.33. The Labute approximate surface area is 119 Å². The number of methoxy groups -OCH3 is 1. The quantitative estimate of drug-likeness (QED) is 0.906. The monoisotopic (exact) mass is 286 g/mol. The van der Waals surface area contributed by atoms with Crippen LogP contribution in [0.1, 0.15) is 5.56 Å². The molecule has 2 aliphatic rings. The highest BCUT2D eigenvalue weighted by molar-refractivity contribution is 5.85. The normalized spacial score (nSPS) is 17.9. The van der Waals surface area contributed by atoms with E-state index >= 15 is 0 Å². The van der Waals surface area contributed by atoms with E-state index in [4.69, 9.17) is 14.2 Å². The number of hydrogen-bond acceptors (Lipinski definition) is 5. The second-order valence-corrected chi connectivity index (χ2v) is 4.56. The van der Waals surface area contributed by atoms with Gasteiger partial charge in [0.05, 0.1) is 7.11 Å². The van der Waals surface area contributed by atoms with Gasteiger partial charge in [0, 0.05) is 32.7 Å². The fourth-order valence-electron chi connectivity index (χ4n) is 2.40. The highest BCUT2D eigenvalue weighted by Crippen LogP contribution is 2.41. The predicted octanol–water partition coefficient (Wildman–Crippen LogP) is 1.25. The van der Waals surface area contributed by atoms with Crippen LogP contribution in [0.25, 0.3) is 0 Å². The van der Waals surface area contributed by atoms with E-state index < -0.39 is 0 Å². The number of hydrogen-bond donors (Lipinski definition) is 1. The van der Waals surface area contributed by atoms with Crippen LogP contribution in [0.4, 0.5) is 0 Å². The maximum absolute atomic E-state index is 5.44. The first-order valence-corrected chi connectivity index (χ1v) is 6.26. The van der Waals surface area contributed by atoms with Crippen LogP contribution in [0.2, 0.25) is 0 Å². The van der Waals surface area contributed by atoms with Gasteiger partial charge in [-0.1, -0.05) is 0 Å². The number of fused-ring (bicyclic) bond motifs is 1. The van der Waals surface area contributed by atoms with Crippen molar-refractivity contribution >= 4 is 12.4 Å². The lowest BCUT2D eigenvalue weighted by Gasteiger charge is -2.27. The van der Waals surface area contributed by atoms with Crippen molar-refractivity contribution in [3.05, 3.63) is 17.7 Å². The molecule has 0 aromatic heterocycles. The smallest absolute Gasteiger partial charge is 0.231 e. The fraction of sp³-hybridized carbons (Fsp3) is 0.538. The zero-order chi connectivity index (χ0) is 12.4. The molecule has 0 saturated carbocycles. The van der Waals surface area contributed by atoms with Crippen LogP contribution in [0, 0.1) is 0 Å². The molecule has 0 unspecified atom stereocenters. The molecule has 3 rings (SSSR count). The first-order chi connectivity index (χ1) is 8.86. The van der Waals surface area contributed by atoms with E-state index in [1.807, 2.05) is 12.1 Å². The summed E-state index contributed by atoms with van der Waals surface area (Å²) in [6.07, 6.45) is 0. The second kappa shape index (κ2) is 6.32. The molecule has 1 aromatic rings. The van der Waals surface area contributed by atoms with Crippen LogP contribution in [-0.4, -0.2) is 45.0 Å². The molecule has 19 heavy (non-hydrogen) atoms. The molecule has 1 N–H and O–H groups in total. The predicted molar refractivity (Wildman–Crippen MR) is 74.5 cm³/mol. The number of piperazine rings is 1. The number of ether oxygens (including phenoxy) is 3. The zero-order valence-corrected chi connectivity index (χ0v) is 11.8. The van der Waals surface area contributed by atoms with E-state index in [1.54, 1.807) is 7.11 Å². The van der Waals surface area contributed by atoms with Gasteiger partial charge >= 0.3 is 0 Å². The molecule has 0 amide bonds. The summed E-state index contributed by atoms with van der Waals surface area (Å²) in [7, 11) is 1.66. The molecule has 2 aliphatic heterocycles. The zero-order valence-electron chi connectivity index (χ0n) is 11.0. The third kappa shape index (κ3) is 3.05. The molecule has 1 aromatic carbocycles. The van der Waals surface area contributed by atoms with E-state index in [9.17, 15) is 0 Å². The van der Waals surface area contributed by atoms with Gasteiger partial charge in [0.2, 0.25) is 12.5 Å². The summed E-state index contributed by atoms with van der Waals surface area (Å²) in [5.41, 5.74) is 1.21. The van der Waals surface area contributed by atoms with E-state index in [0.717, 1.165) is 50.0 Å². The van der Waals surface area contributed by atoms with Crippen molar-refractivity contribution in [3.8, 4) is 17.2 Å². The third-order valence-electron chi connectivity index (χ3n) is 3.33. The minimum Gasteiger partial charge on any atom is -0.493 e. The number of nitrogens with zero attached hydrogens (tertiary/aromatic N) is 1. The van der Waals surface area contributed by atoms with E-state index in [0.29, 0.717) is 0 Å². The van der Waals surface area contributed by atoms with Crippen molar-refractivity contribution in [2.24, 2.45) is 0 Å². The summed E-state index contributed by atoms with van der Waals surface area (Å²) in [6, 6.07) is 4.09. The Morgan fingerprint density at radius 2 is 2.05 bits per heavy atom. The molecule has 0 atom stereocenters. The Morgan fingerprint density at radius 3 is 2.79 bits per heavy atom. The van der Waals surface area contributed by atoms with Crippen molar-refractivity contribution in [3.63, 3.8) is 0 Å². The van der Waals surface area contributed by atoms with Crippen molar-refractivity contribution < 1.29 is 14.2 Å². The molecule has 0 aliphatic carbocycles. The summed E-state index contributed by atoms with van der Waals surface area (Å²) < 4.78 is 16.2. The average molecular weight is 287 g/mol. The van der Waals surface area contributed by atoms with Crippen molar-refractivity contribution in [2.75, 3.05) is 40.1 Å². The van der Waals surface area contributed by atoms with Gasteiger partial charge in [-0.2, -0.15) is 0 Å². The Morgan fingerprint density at radius 1 is 1.26 bits per heavy atom. The lowest BCUT2D eigenvalue weighted by atomic mass is 10.1. The van der Waals surface area contributed by atoms with Crippen molar-refractivity contribution in [1.29, 1.82) is 0 Å². The molecule has 0 radical (unpaired) electrons. The van der Waals surface area contributed by atoms with Gasteiger partial charge in [-0.3, -0.25) is 4.90 Å². The van der Waals surface area contributed by atoms with Crippen LogP contribution in [-0.2, 0) is 6.54 Å². The molecule has 0 bridgehead atoms. The van der Waals surface area contributed by atoms with Gasteiger partial charge in [0.1, 0.15) is 0 Å². The molecule has 2 heterocycles. The van der Waals surface area contributed by atoms with Crippen molar-refractivity contribution in [2.45, 2.75) is 6.54 Å². The molecule has 5 nitrogen and oxygen atoms in total. The molecule has 0 spiro atoms.